The highest BCUT2D eigenvalue weighted by atomic mass is 19.4. The van der Waals surface area contributed by atoms with Crippen LogP contribution in [0.3, 0.4) is 0 Å². The Kier molecular flexibility index (Phi) is 9.63. The van der Waals surface area contributed by atoms with E-state index in [1.54, 1.807) is 12.3 Å². The highest BCUT2D eigenvalue weighted by Gasteiger charge is 2.40. The SMILES string of the molecule is O=C(CCC(F)(F)F)NC(c1cnn2cc([C@@H](NC(=O)c3cncc(CCC(F)F)c3)C3CCC(F)(F)CC3)nc2c1)C1CC1. The summed E-state index contributed by atoms with van der Waals surface area (Å²) < 4.78 is 92.8. The average Bonchev–Trinajstić information content (AvgIpc) is 3.74. The van der Waals surface area contributed by atoms with E-state index in [1.807, 2.05) is 0 Å². The number of imidazole rings is 1. The van der Waals surface area contributed by atoms with Crippen LogP contribution in [0, 0.1) is 11.8 Å². The van der Waals surface area contributed by atoms with Gasteiger partial charge in [-0.2, -0.15) is 18.3 Å². The van der Waals surface area contributed by atoms with Crippen LogP contribution in [0.4, 0.5) is 30.7 Å². The number of aromatic nitrogens is 4. The number of hydrogen-bond acceptors (Lipinski definition) is 5. The molecule has 5 rings (SSSR count). The Morgan fingerprint density at radius 3 is 2.36 bits per heavy atom. The fourth-order valence-corrected chi connectivity index (χ4v) is 5.71. The number of pyridine rings is 1. The molecular weight excluding hydrogens is 609 g/mol. The Labute approximate surface area is 254 Å². The van der Waals surface area contributed by atoms with Gasteiger partial charge in [0.05, 0.1) is 42.2 Å². The number of aryl methyl sites for hydroxylation is 1. The molecule has 2 aliphatic rings. The summed E-state index contributed by atoms with van der Waals surface area (Å²) in [6.45, 7) is 0. The number of carbonyl (C=O) groups excluding carboxylic acids is 2. The smallest absolute Gasteiger partial charge is 0.349 e. The number of alkyl halides is 7. The quantitative estimate of drug-likeness (QED) is 0.219. The minimum Gasteiger partial charge on any atom is -0.349 e. The predicted octanol–water partition coefficient (Wildman–Crippen LogP) is 6.53. The minimum atomic E-state index is -4.45. The van der Waals surface area contributed by atoms with Crippen molar-refractivity contribution in [1.82, 2.24) is 30.2 Å². The van der Waals surface area contributed by atoms with Crippen molar-refractivity contribution in [1.29, 1.82) is 0 Å². The molecule has 2 amide bonds. The highest BCUT2D eigenvalue weighted by molar-refractivity contribution is 5.94. The maximum absolute atomic E-state index is 14.0. The Morgan fingerprint density at radius 2 is 1.69 bits per heavy atom. The Morgan fingerprint density at radius 1 is 0.978 bits per heavy atom. The second-order valence-corrected chi connectivity index (χ2v) is 11.9. The van der Waals surface area contributed by atoms with Crippen LogP contribution in [-0.4, -0.2) is 49.9 Å². The highest BCUT2D eigenvalue weighted by Crippen LogP contribution is 2.43. The molecule has 2 aliphatic carbocycles. The van der Waals surface area contributed by atoms with Crippen molar-refractivity contribution in [3.8, 4) is 0 Å². The van der Waals surface area contributed by atoms with Crippen LogP contribution in [0.2, 0.25) is 0 Å². The first-order valence-electron chi connectivity index (χ1n) is 14.9. The molecule has 1 unspecified atom stereocenters. The summed E-state index contributed by atoms with van der Waals surface area (Å²) in [5, 5.41) is 9.97. The summed E-state index contributed by atoms with van der Waals surface area (Å²) in [7, 11) is 0. The summed E-state index contributed by atoms with van der Waals surface area (Å²) >= 11 is 0. The molecule has 0 radical (unpaired) electrons. The molecule has 0 spiro atoms. The van der Waals surface area contributed by atoms with Gasteiger partial charge < -0.3 is 10.6 Å². The second-order valence-electron chi connectivity index (χ2n) is 11.9. The zero-order valence-electron chi connectivity index (χ0n) is 24.2. The fraction of sp³-hybridized carbons (Fsp3) is 0.567. The minimum absolute atomic E-state index is 0.0258. The topological polar surface area (TPSA) is 101 Å². The number of carbonyl (C=O) groups is 2. The maximum Gasteiger partial charge on any atom is 0.389 e. The van der Waals surface area contributed by atoms with Crippen molar-refractivity contribution in [2.24, 2.45) is 11.8 Å². The van der Waals surface area contributed by atoms with Crippen molar-refractivity contribution in [3.05, 3.63) is 59.3 Å². The lowest BCUT2D eigenvalue weighted by Gasteiger charge is -2.33. The van der Waals surface area contributed by atoms with Gasteiger partial charge in [0.15, 0.2) is 5.65 Å². The predicted molar refractivity (Wildman–Crippen MR) is 148 cm³/mol. The van der Waals surface area contributed by atoms with E-state index in [1.165, 1.54) is 29.2 Å². The van der Waals surface area contributed by atoms with Gasteiger partial charge in [-0.25, -0.2) is 27.1 Å². The molecule has 0 aliphatic heterocycles. The molecule has 2 atom stereocenters. The van der Waals surface area contributed by atoms with Gasteiger partial charge in [-0.1, -0.05) is 0 Å². The third-order valence-corrected chi connectivity index (χ3v) is 8.31. The molecule has 45 heavy (non-hydrogen) atoms. The van der Waals surface area contributed by atoms with E-state index in [0.717, 1.165) is 12.8 Å². The fourth-order valence-electron chi connectivity index (χ4n) is 5.71. The summed E-state index contributed by atoms with van der Waals surface area (Å²) in [6.07, 6.45) is -2.39. The summed E-state index contributed by atoms with van der Waals surface area (Å²) in [5.41, 5.74) is 1.85. The Hall–Kier alpha value is -3.78. The normalized spacial score (nSPS) is 18.6. The van der Waals surface area contributed by atoms with E-state index >= 15 is 0 Å². The molecule has 0 saturated heterocycles. The van der Waals surface area contributed by atoms with E-state index in [4.69, 9.17) is 0 Å². The molecule has 0 bridgehead atoms. The van der Waals surface area contributed by atoms with Crippen LogP contribution in [0.25, 0.3) is 5.65 Å². The summed E-state index contributed by atoms with van der Waals surface area (Å²) in [4.78, 5) is 34.3. The van der Waals surface area contributed by atoms with E-state index in [0.29, 0.717) is 22.5 Å². The van der Waals surface area contributed by atoms with Gasteiger partial charge >= 0.3 is 6.18 Å². The molecule has 3 aromatic heterocycles. The second kappa shape index (κ2) is 13.3. The van der Waals surface area contributed by atoms with Gasteiger partial charge in [-0.05, 0) is 67.2 Å². The van der Waals surface area contributed by atoms with E-state index < -0.39 is 55.3 Å². The number of halogens is 7. The molecule has 2 saturated carbocycles. The van der Waals surface area contributed by atoms with Crippen molar-refractivity contribution < 1.29 is 40.3 Å². The molecule has 8 nitrogen and oxygen atoms in total. The largest absolute Gasteiger partial charge is 0.389 e. The van der Waals surface area contributed by atoms with Gasteiger partial charge in [-0.15, -0.1) is 0 Å². The molecule has 2 N–H and O–H groups in total. The first-order chi connectivity index (χ1) is 21.3. The van der Waals surface area contributed by atoms with Crippen LogP contribution in [0.15, 0.2) is 36.9 Å². The number of hydrogen-bond donors (Lipinski definition) is 2. The lowest BCUT2D eigenvalue weighted by atomic mass is 9.81. The molecule has 244 valence electrons. The molecule has 2 fully saturated rings. The van der Waals surface area contributed by atoms with Gasteiger partial charge in [0, 0.05) is 38.1 Å². The molecule has 3 heterocycles. The van der Waals surface area contributed by atoms with Crippen molar-refractivity contribution in [2.45, 2.75) is 94.8 Å². The van der Waals surface area contributed by atoms with Crippen molar-refractivity contribution in [2.75, 3.05) is 0 Å². The summed E-state index contributed by atoms with van der Waals surface area (Å²) in [5.74, 6) is -4.45. The van der Waals surface area contributed by atoms with Gasteiger partial charge in [-0.3, -0.25) is 14.6 Å². The Balaban J connectivity index is 1.38. The van der Waals surface area contributed by atoms with Crippen LogP contribution < -0.4 is 10.6 Å². The lowest BCUT2D eigenvalue weighted by molar-refractivity contribution is -0.144. The average molecular weight is 643 g/mol. The number of amides is 2. The summed E-state index contributed by atoms with van der Waals surface area (Å²) in [6, 6.07) is 1.79. The molecule has 3 aromatic rings. The molecular formula is C30H33F7N6O2. The van der Waals surface area contributed by atoms with Crippen LogP contribution in [0.5, 0.6) is 0 Å². The monoisotopic (exact) mass is 642 g/mol. The van der Waals surface area contributed by atoms with Crippen LogP contribution >= 0.6 is 0 Å². The zero-order valence-corrected chi connectivity index (χ0v) is 24.2. The van der Waals surface area contributed by atoms with E-state index in [-0.39, 0.29) is 55.9 Å². The first-order valence-corrected chi connectivity index (χ1v) is 14.9. The maximum atomic E-state index is 14.0. The standard InChI is InChI=1S/C30H33F7N6O2/c31-23(32)4-1-17-11-21(14-38-13-17)28(45)42-27(19-5-8-29(33,34)9-6-19)22-16-43-24(40-22)12-20(15-39-43)26(18-2-3-18)41-25(44)7-10-30(35,36)37/h11-16,18-19,23,26-27H,1-10H2,(H,41,44)(H,42,45)/t26?,27-/m0/s1. The van der Waals surface area contributed by atoms with E-state index in [9.17, 15) is 40.3 Å². The van der Waals surface area contributed by atoms with Crippen LogP contribution in [0.1, 0.15) is 97.0 Å². The number of nitrogens with one attached hydrogen (secondary N) is 2. The molecule has 15 heteroatoms. The van der Waals surface area contributed by atoms with Crippen molar-refractivity contribution in [3.63, 3.8) is 0 Å². The first kappa shape index (κ1) is 32.6. The number of rotatable bonds is 12. The Bertz CT molecular complexity index is 1500. The van der Waals surface area contributed by atoms with Gasteiger partial charge in [0.25, 0.3) is 5.91 Å². The van der Waals surface area contributed by atoms with Gasteiger partial charge in [0.2, 0.25) is 18.3 Å². The number of nitrogens with zero attached hydrogens (tertiary/aromatic N) is 4. The molecule has 0 aromatic carbocycles. The van der Waals surface area contributed by atoms with Gasteiger partial charge in [0.1, 0.15) is 0 Å². The van der Waals surface area contributed by atoms with Crippen molar-refractivity contribution >= 4 is 17.5 Å². The van der Waals surface area contributed by atoms with Crippen LogP contribution in [-0.2, 0) is 11.2 Å². The lowest BCUT2D eigenvalue weighted by Crippen LogP contribution is -2.37. The van der Waals surface area contributed by atoms with E-state index in [2.05, 4.69) is 25.7 Å². The third kappa shape index (κ3) is 8.91. The zero-order chi connectivity index (χ0) is 32.4. The third-order valence-electron chi connectivity index (χ3n) is 8.31. The number of fused-ring (bicyclic) bond motifs is 1.